The number of nitrogens with zero attached hydrogens (tertiary/aromatic N) is 4. The topological polar surface area (TPSA) is 84.6 Å². The second kappa shape index (κ2) is 7.39. The normalized spacial score (nSPS) is 16.9. The first-order valence-corrected chi connectivity index (χ1v) is 11.0. The molecule has 0 spiro atoms. The van der Waals surface area contributed by atoms with Gasteiger partial charge in [-0.05, 0) is 28.1 Å². The lowest BCUT2D eigenvalue weighted by Gasteiger charge is -2.33. The van der Waals surface area contributed by atoms with E-state index in [9.17, 15) is 18.0 Å². The van der Waals surface area contributed by atoms with E-state index >= 15 is 0 Å². The lowest BCUT2D eigenvalue weighted by atomic mass is 10.3. The van der Waals surface area contributed by atoms with E-state index in [1.807, 2.05) is 4.90 Å². The Bertz CT molecular complexity index is 1030. The van der Waals surface area contributed by atoms with Gasteiger partial charge in [0.2, 0.25) is 0 Å². The molecule has 1 fully saturated rings. The second-order valence-corrected chi connectivity index (χ2v) is 10.7. The Morgan fingerprint density at radius 3 is 2.31 bits per heavy atom. The van der Waals surface area contributed by atoms with Gasteiger partial charge in [0, 0.05) is 58.6 Å². The third kappa shape index (κ3) is 3.72. The quantitative estimate of drug-likeness (QED) is 0.656. The third-order valence-corrected chi connectivity index (χ3v) is 8.47. The maximum atomic E-state index is 12.7. The summed E-state index contributed by atoms with van der Waals surface area (Å²) in [5.41, 5.74) is -0.0823. The number of thiophene rings is 1. The van der Waals surface area contributed by atoms with Gasteiger partial charge < -0.3 is 0 Å². The van der Waals surface area contributed by atoms with Crippen molar-refractivity contribution >= 4 is 37.3 Å². The smallest absolute Gasteiger partial charge is 0.299 e. The third-order valence-electron chi connectivity index (χ3n) is 4.48. The van der Waals surface area contributed by atoms with Crippen molar-refractivity contribution in [3.63, 3.8) is 0 Å². The summed E-state index contributed by atoms with van der Waals surface area (Å²) in [6, 6.07) is 4.78. The molecule has 142 valence electrons. The number of hydrogen-bond acceptors (Lipinski definition) is 6. The van der Waals surface area contributed by atoms with E-state index in [1.54, 1.807) is 19.2 Å². The summed E-state index contributed by atoms with van der Waals surface area (Å²) in [6.45, 7) is 2.25. The van der Waals surface area contributed by atoms with Crippen LogP contribution in [0.1, 0.15) is 5.69 Å². The molecule has 0 N–H and O–H groups in total. The van der Waals surface area contributed by atoms with Crippen molar-refractivity contribution in [2.45, 2.75) is 10.8 Å². The van der Waals surface area contributed by atoms with Crippen LogP contribution in [-0.4, -0.2) is 52.9 Å². The van der Waals surface area contributed by atoms with Gasteiger partial charge in [-0.15, -0.1) is 11.3 Å². The minimum absolute atomic E-state index is 0.326. The van der Waals surface area contributed by atoms with Gasteiger partial charge >= 0.3 is 5.69 Å². The Hall–Kier alpha value is -1.27. The van der Waals surface area contributed by atoms with Gasteiger partial charge in [-0.1, -0.05) is 0 Å². The van der Waals surface area contributed by atoms with Gasteiger partial charge in [0.15, 0.2) is 0 Å². The van der Waals surface area contributed by atoms with Crippen molar-refractivity contribution < 1.29 is 8.42 Å². The number of sulfonamides is 1. The Labute approximate surface area is 163 Å². The van der Waals surface area contributed by atoms with Gasteiger partial charge in [-0.25, -0.2) is 13.2 Å². The van der Waals surface area contributed by atoms with E-state index < -0.39 is 10.0 Å². The van der Waals surface area contributed by atoms with Crippen molar-refractivity contribution in [1.29, 1.82) is 0 Å². The summed E-state index contributed by atoms with van der Waals surface area (Å²) in [5.74, 6) is 0. The number of piperazine rings is 1. The van der Waals surface area contributed by atoms with Crippen LogP contribution in [0.15, 0.2) is 35.8 Å². The highest BCUT2D eigenvalue weighted by atomic mass is 79.9. The van der Waals surface area contributed by atoms with Crippen molar-refractivity contribution in [3.05, 3.63) is 48.5 Å². The fourth-order valence-electron chi connectivity index (χ4n) is 2.85. The molecule has 0 amide bonds. The minimum atomic E-state index is -3.48. The first-order valence-electron chi connectivity index (χ1n) is 7.94. The number of aromatic nitrogens is 2. The van der Waals surface area contributed by atoms with Crippen LogP contribution in [0.3, 0.4) is 0 Å². The molecule has 8 nitrogen and oxygen atoms in total. The van der Waals surface area contributed by atoms with Gasteiger partial charge in [-0.2, -0.15) is 4.31 Å². The highest BCUT2D eigenvalue weighted by Crippen LogP contribution is 2.29. The van der Waals surface area contributed by atoms with Crippen LogP contribution in [0, 0.1) is 0 Å². The van der Waals surface area contributed by atoms with Gasteiger partial charge in [0.1, 0.15) is 4.21 Å². The summed E-state index contributed by atoms with van der Waals surface area (Å²) in [6.07, 6.45) is 0. The Morgan fingerprint density at radius 1 is 1.08 bits per heavy atom. The second-order valence-electron chi connectivity index (χ2n) is 6.11. The Kier molecular flexibility index (Phi) is 5.54. The molecule has 3 heterocycles. The minimum Gasteiger partial charge on any atom is -0.299 e. The van der Waals surface area contributed by atoms with E-state index in [1.165, 1.54) is 33.3 Å². The largest absolute Gasteiger partial charge is 0.330 e. The van der Waals surface area contributed by atoms with Gasteiger partial charge in [-0.3, -0.25) is 18.8 Å². The van der Waals surface area contributed by atoms with E-state index in [0.29, 0.717) is 42.6 Å². The molecule has 0 aliphatic carbocycles. The molecule has 1 aliphatic heterocycles. The lowest BCUT2D eigenvalue weighted by Crippen LogP contribution is -2.48. The zero-order valence-corrected chi connectivity index (χ0v) is 17.6. The molecular weight excluding hydrogens is 444 g/mol. The predicted octanol–water partition coefficient (Wildman–Crippen LogP) is 0.414. The Balaban J connectivity index is 1.70. The molecule has 0 aromatic carbocycles. The standard InChI is InChI=1S/C15H19BrN4O4S2/c1-17-11(9-13(21)18(2)15(17)22)10-19-5-7-20(8-6-19)26(23,24)14-4-3-12(16)25-14/h3-4,9H,5-8,10H2,1-2H3. The molecule has 1 saturated heterocycles. The first-order chi connectivity index (χ1) is 12.2. The Morgan fingerprint density at radius 2 is 1.73 bits per heavy atom. The van der Waals surface area contributed by atoms with Crippen molar-refractivity contribution in [3.8, 4) is 0 Å². The average Bonchev–Trinajstić information content (AvgIpc) is 3.05. The van der Waals surface area contributed by atoms with Crippen LogP contribution in [0.25, 0.3) is 0 Å². The average molecular weight is 463 g/mol. The monoisotopic (exact) mass is 462 g/mol. The molecule has 0 atom stereocenters. The van der Waals surface area contributed by atoms with E-state index in [4.69, 9.17) is 0 Å². The van der Waals surface area contributed by atoms with Crippen LogP contribution in [0.2, 0.25) is 0 Å². The van der Waals surface area contributed by atoms with Crippen LogP contribution in [-0.2, 0) is 30.7 Å². The fraction of sp³-hybridized carbons (Fsp3) is 0.467. The van der Waals surface area contributed by atoms with Crippen LogP contribution >= 0.6 is 27.3 Å². The van der Waals surface area contributed by atoms with Crippen molar-refractivity contribution in [2.75, 3.05) is 26.2 Å². The maximum absolute atomic E-state index is 12.7. The number of hydrogen-bond donors (Lipinski definition) is 0. The van der Waals surface area contributed by atoms with E-state index in [-0.39, 0.29) is 11.2 Å². The van der Waals surface area contributed by atoms with Crippen LogP contribution < -0.4 is 11.2 Å². The van der Waals surface area contributed by atoms with Gasteiger partial charge in [0.25, 0.3) is 15.6 Å². The molecule has 0 unspecified atom stereocenters. The predicted molar refractivity (Wildman–Crippen MR) is 103 cm³/mol. The van der Waals surface area contributed by atoms with Crippen molar-refractivity contribution in [1.82, 2.24) is 18.3 Å². The summed E-state index contributed by atoms with van der Waals surface area (Å²) < 4.78 is 30.4. The zero-order valence-electron chi connectivity index (χ0n) is 14.4. The molecular formula is C15H19BrN4O4S2. The summed E-state index contributed by atoms with van der Waals surface area (Å²) in [7, 11) is -0.401. The van der Waals surface area contributed by atoms with Crippen LogP contribution in [0.5, 0.6) is 0 Å². The first kappa shape index (κ1) is 19.5. The molecule has 2 aromatic rings. The van der Waals surface area contributed by atoms with E-state index in [0.717, 1.165) is 8.35 Å². The molecule has 2 aromatic heterocycles. The van der Waals surface area contributed by atoms with Crippen molar-refractivity contribution in [2.24, 2.45) is 14.1 Å². The lowest BCUT2D eigenvalue weighted by molar-refractivity contribution is 0.178. The summed E-state index contributed by atoms with van der Waals surface area (Å²) >= 11 is 4.49. The SMILES string of the molecule is Cn1c(CN2CCN(S(=O)(=O)c3ccc(Br)s3)CC2)cc(=O)n(C)c1=O. The highest BCUT2D eigenvalue weighted by molar-refractivity contribution is 9.11. The molecule has 3 rings (SSSR count). The maximum Gasteiger partial charge on any atom is 0.330 e. The molecule has 1 aliphatic rings. The molecule has 0 radical (unpaired) electrons. The van der Waals surface area contributed by atoms with Crippen LogP contribution in [0.4, 0.5) is 0 Å². The van der Waals surface area contributed by atoms with E-state index in [2.05, 4.69) is 15.9 Å². The summed E-state index contributed by atoms with van der Waals surface area (Å²) in [5, 5.41) is 0. The number of rotatable bonds is 4. The van der Waals surface area contributed by atoms with Gasteiger partial charge in [0.05, 0.1) is 3.79 Å². The molecule has 26 heavy (non-hydrogen) atoms. The fourth-order valence-corrected chi connectivity index (χ4v) is 6.44. The molecule has 11 heteroatoms. The highest BCUT2D eigenvalue weighted by Gasteiger charge is 2.29. The zero-order chi connectivity index (χ0) is 19.1. The summed E-state index contributed by atoms with van der Waals surface area (Å²) in [4.78, 5) is 25.9. The number of halogens is 1. The molecule has 0 bridgehead atoms. The molecule has 0 saturated carbocycles.